The van der Waals surface area contributed by atoms with Crippen molar-refractivity contribution in [3.8, 4) is 10.6 Å². The number of hydrogen-bond donors (Lipinski definition) is 2. The number of nitrogens with one attached hydrogen (secondary N) is 1. The van der Waals surface area contributed by atoms with Crippen LogP contribution in [0.3, 0.4) is 0 Å². The van der Waals surface area contributed by atoms with E-state index in [4.69, 9.17) is 23.2 Å². The van der Waals surface area contributed by atoms with E-state index >= 15 is 0 Å². The van der Waals surface area contributed by atoms with Crippen LogP contribution in [-0.4, -0.2) is 33.6 Å². The van der Waals surface area contributed by atoms with E-state index in [0.717, 1.165) is 11.3 Å². The van der Waals surface area contributed by atoms with E-state index in [9.17, 15) is 9.90 Å². The highest BCUT2D eigenvalue weighted by atomic mass is 35.5. The number of aromatic nitrogens is 2. The maximum Gasteiger partial charge on any atom is 0.271 e. The number of rotatable bonds is 6. The molecule has 3 aromatic rings. The van der Waals surface area contributed by atoms with Gasteiger partial charge in [-0.3, -0.25) is 9.78 Å². The molecule has 0 fully saturated rings. The van der Waals surface area contributed by atoms with Gasteiger partial charge < -0.3 is 10.4 Å². The topological polar surface area (TPSA) is 75.1 Å². The van der Waals surface area contributed by atoms with Crippen molar-refractivity contribution in [1.82, 2.24) is 15.3 Å². The third kappa shape index (κ3) is 4.59. The lowest BCUT2D eigenvalue weighted by Crippen LogP contribution is -2.39. The van der Waals surface area contributed by atoms with Crippen LogP contribution in [0.2, 0.25) is 10.0 Å². The summed E-state index contributed by atoms with van der Waals surface area (Å²) in [5, 5.41) is 15.5. The number of hydrogen-bond acceptors (Lipinski definition) is 5. The smallest absolute Gasteiger partial charge is 0.271 e. The maximum absolute atomic E-state index is 12.4. The minimum Gasteiger partial charge on any atom is -0.394 e. The highest BCUT2D eigenvalue weighted by molar-refractivity contribution is 7.13. The van der Waals surface area contributed by atoms with E-state index in [1.807, 2.05) is 18.2 Å². The van der Waals surface area contributed by atoms with Crippen molar-refractivity contribution in [2.24, 2.45) is 0 Å². The molecule has 2 aromatic heterocycles. The number of benzene rings is 1. The Morgan fingerprint density at radius 1 is 1.23 bits per heavy atom. The molecule has 2 N–H and O–H groups in total. The van der Waals surface area contributed by atoms with Gasteiger partial charge in [0.25, 0.3) is 5.91 Å². The zero-order chi connectivity index (χ0) is 18.5. The molecule has 8 heteroatoms. The van der Waals surface area contributed by atoms with Gasteiger partial charge in [-0.05, 0) is 24.3 Å². The second-order valence-electron chi connectivity index (χ2n) is 5.54. The van der Waals surface area contributed by atoms with E-state index in [-0.39, 0.29) is 18.2 Å². The quantitative estimate of drug-likeness (QED) is 0.650. The highest BCUT2D eigenvalue weighted by Crippen LogP contribution is 2.30. The minimum absolute atomic E-state index is 0.188. The van der Waals surface area contributed by atoms with Crippen LogP contribution in [0.25, 0.3) is 10.6 Å². The van der Waals surface area contributed by atoms with Crippen LogP contribution in [0.5, 0.6) is 0 Å². The fourth-order valence-corrected chi connectivity index (χ4v) is 3.43. The molecule has 3 rings (SSSR count). The Morgan fingerprint density at radius 3 is 2.77 bits per heavy atom. The lowest BCUT2D eigenvalue weighted by Gasteiger charge is -2.15. The van der Waals surface area contributed by atoms with Crippen molar-refractivity contribution >= 4 is 40.4 Å². The summed E-state index contributed by atoms with van der Waals surface area (Å²) in [6, 6.07) is 10.3. The van der Waals surface area contributed by atoms with Gasteiger partial charge in [0.05, 0.1) is 22.7 Å². The van der Waals surface area contributed by atoms with Crippen molar-refractivity contribution in [3.63, 3.8) is 0 Å². The molecule has 0 bridgehead atoms. The standard InChI is InChI=1S/C18H15Cl2N3O2S/c19-14-5-4-11(7-15(14)20)18-23-16(10-26-18)17(25)22-13(9-24)8-12-3-1-2-6-21-12/h1-7,10,13,24H,8-9H2,(H,22,25). The first-order chi connectivity index (χ1) is 12.6. The molecule has 0 saturated heterocycles. The summed E-state index contributed by atoms with van der Waals surface area (Å²) >= 11 is 13.3. The number of aliphatic hydroxyl groups excluding tert-OH is 1. The molecule has 0 spiro atoms. The van der Waals surface area contributed by atoms with Crippen LogP contribution in [0, 0.1) is 0 Å². The first-order valence-electron chi connectivity index (χ1n) is 7.79. The van der Waals surface area contributed by atoms with E-state index in [2.05, 4.69) is 15.3 Å². The molecule has 134 valence electrons. The van der Waals surface area contributed by atoms with Gasteiger partial charge in [0.1, 0.15) is 10.7 Å². The molecule has 0 saturated carbocycles. The van der Waals surface area contributed by atoms with Crippen LogP contribution in [0.1, 0.15) is 16.2 Å². The molecule has 1 atom stereocenters. The summed E-state index contributed by atoms with van der Waals surface area (Å²) in [6.45, 7) is -0.188. The van der Waals surface area contributed by atoms with Crippen molar-refractivity contribution in [1.29, 1.82) is 0 Å². The highest BCUT2D eigenvalue weighted by Gasteiger charge is 2.17. The number of amides is 1. The van der Waals surface area contributed by atoms with Gasteiger partial charge in [-0.2, -0.15) is 0 Å². The molecule has 1 amide bonds. The zero-order valence-electron chi connectivity index (χ0n) is 13.5. The number of halogens is 2. The third-order valence-electron chi connectivity index (χ3n) is 3.64. The molecule has 0 aliphatic carbocycles. The Bertz CT molecular complexity index is 902. The Labute approximate surface area is 164 Å². The Hall–Kier alpha value is -1.99. The molecule has 5 nitrogen and oxygen atoms in total. The lowest BCUT2D eigenvalue weighted by atomic mass is 10.1. The molecule has 0 radical (unpaired) electrons. The fourth-order valence-electron chi connectivity index (χ4n) is 2.33. The molecule has 0 aliphatic heterocycles. The van der Waals surface area contributed by atoms with Crippen LogP contribution >= 0.6 is 34.5 Å². The number of thiazole rings is 1. The lowest BCUT2D eigenvalue weighted by molar-refractivity contribution is 0.0912. The van der Waals surface area contributed by atoms with Crippen molar-refractivity contribution < 1.29 is 9.90 Å². The molecule has 1 unspecified atom stereocenters. The molecule has 26 heavy (non-hydrogen) atoms. The largest absolute Gasteiger partial charge is 0.394 e. The Morgan fingerprint density at radius 2 is 2.08 bits per heavy atom. The summed E-state index contributed by atoms with van der Waals surface area (Å²) in [7, 11) is 0. The average Bonchev–Trinajstić information content (AvgIpc) is 3.14. The summed E-state index contributed by atoms with van der Waals surface area (Å²) < 4.78 is 0. The van der Waals surface area contributed by atoms with Crippen LogP contribution in [0.4, 0.5) is 0 Å². The first-order valence-corrected chi connectivity index (χ1v) is 9.43. The zero-order valence-corrected chi connectivity index (χ0v) is 15.9. The molecule has 2 heterocycles. The Kier molecular flexibility index (Phi) is 6.21. The first kappa shape index (κ1) is 18.8. The van der Waals surface area contributed by atoms with E-state index in [1.54, 1.807) is 29.8 Å². The van der Waals surface area contributed by atoms with Gasteiger partial charge in [-0.1, -0.05) is 35.3 Å². The van der Waals surface area contributed by atoms with E-state index < -0.39 is 6.04 Å². The van der Waals surface area contributed by atoms with Crippen molar-refractivity contribution in [2.45, 2.75) is 12.5 Å². The van der Waals surface area contributed by atoms with E-state index in [0.29, 0.717) is 21.5 Å². The summed E-state index contributed by atoms with van der Waals surface area (Å²) in [5.41, 5.74) is 1.87. The van der Waals surface area contributed by atoms with Crippen molar-refractivity contribution in [3.05, 3.63) is 69.4 Å². The predicted octanol–water partition coefficient (Wildman–Crippen LogP) is 3.85. The monoisotopic (exact) mass is 407 g/mol. The Balaban J connectivity index is 1.69. The van der Waals surface area contributed by atoms with Gasteiger partial charge >= 0.3 is 0 Å². The summed E-state index contributed by atoms with van der Waals surface area (Å²) in [4.78, 5) is 21.0. The molecular weight excluding hydrogens is 393 g/mol. The summed E-state index contributed by atoms with van der Waals surface area (Å²) in [6.07, 6.45) is 2.11. The van der Waals surface area contributed by atoms with E-state index in [1.165, 1.54) is 11.3 Å². The number of pyridine rings is 1. The third-order valence-corrected chi connectivity index (χ3v) is 5.27. The second-order valence-corrected chi connectivity index (χ2v) is 7.22. The minimum atomic E-state index is -0.437. The van der Waals surface area contributed by atoms with Gasteiger partial charge in [0, 0.05) is 29.3 Å². The average molecular weight is 408 g/mol. The maximum atomic E-state index is 12.4. The van der Waals surface area contributed by atoms with Crippen LogP contribution in [0.15, 0.2) is 48.0 Å². The second kappa shape index (κ2) is 8.60. The summed E-state index contributed by atoms with van der Waals surface area (Å²) in [5.74, 6) is -0.345. The SMILES string of the molecule is O=C(NC(CO)Cc1ccccn1)c1csc(-c2ccc(Cl)c(Cl)c2)n1. The van der Waals surface area contributed by atoms with Crippen LogP contribution in [-0.2, 0) is 6.42 Å². The van der Waals surface area contributed by atoms with Crippen molar-refractivity contribution in [2.75, 3.05) is 6.61 Å². The van der Waals surface area contributed by atoms with Gasteiger partial charge in [-0.25, -0.2) is 4.98 Å². The van der Waals surface area contributed by atoms with Crippen LogP contribution < -0.4 is 5.32 Å². The number of carbonyl (C=O) groups is 1. The van der Waals surface area contributed by atoms with Gasteiger partial charge in [0.2, 0.25) is 0 Å². The fraction of sp³-hybridized carbons (Fsp3) is 0.167. The number of aliphatic hydroxyl groups is 1. The molecule has 1 aromatic carbocycles. The molecule has 0 aliphatic rings. The molecular formula is C18H15Cl2N3O2S. The number of nitrogens with zero attached hydrogens (tertiary/aromatic N) is 2. The number of carbonyl (C=O) groups excluding carboxylic acids is 1. The van der Waals surface area contributed by atoms with Gasteiger partial charge in [0.15, 0.2) is 0 Å². The van der Waals surface area contributed by atoms with Gasteiger partial charge in [-0.15, -0.1) is 11.3 Å². The normalized spacial score (nSPS) is 12.0. The predicted molar refractivity (Wildman–Crippen MR) is 104 cm³/mol.